The first kappa shape index (κ1) is 21.4. The van der Waals surface area contributed by atoms with Crippen molar-refractivity contribution in [3.8, 4) is 0 Å². The van der Waals surface area contributed by atoms with Crippen LogP contribution in [0, 0.1) is 12.8 Å². The maximum atomic E-state index is 12.3. The number of nitrogens with zero attached hydrogens (tertiary/aromatic N) is 1. The minimum absolute atomic E-state index is 0.0816. The molecule has 1 N–H and O–H groups in total. The third-order valence-electron chi connectivity index (χ3n) is 4.79. The molecule has 0 radical (unpaired) electrons. The Kier molecular flexibility index (Phi) is 7.38. The van der Waals surface area contributed by atoms with E-state index in [0.717, 1.165) is 18.4 Å². The molecule has 1 atom stereocenters. The summed E-state index contributed by atoms with van der Waals surface area (Å²) >= 11 is 0. The van der Waals surface area contributed by atoms with Gasteiger partial charge >= 0.3 is 0 Å². The topological polar surface area (TPSA) is 92.8 Å². The number of nitrogens with one attached hydrogen (secondary N) is 1. The molecule has 1 aromatic carbocycles. The molecule has 2 amide bonds. The van der Waals surface area contributed by atoms with Crippen molar-refractivity contribution < 1.29 is 22.2 Å². The van der Waals surface area contributed by atoms with E-state index in [2.05, 4.69) is 5.32 Å². The molecule has 1 aromatic rings. The number of carbonyl (C=O) groups excluding carboxylic acids is 2. The second-order valence-corrected chi connectivity index (χ2v) is 8.68. The first-order valence-corrected chi connectivity index (χ1v) is 10.6. The van der Waals surface area contributed by atoms with E-state index in [0.29, 0.717) is 25.4 Å². The summed E-state index contributed by atoms with van der Waals surface area (Å²) in [5.74, 6) is 0.0119. The van der Waals surface area contributed by atoms with Gasteiger partial charge in [0.1, 0.15) is 6.04 Å². The van der Waals surface area contributed by atoms with Gasteiger partial charge in [-0.1, -0.05) is 17.7 Å². The SMILES string of the molecule is CC(=O)N[C@@H](C)C(=O)N1CCC(CCOS(=O)(=O)c2ccc(C)cc2)CC1. The van der Waals surface area contributed by atoms with Gasteiger partial charge in [0.15, 0.2) is 0 Å². The lowest BCUT2D eigenvalue weighted by Gasteiger charge is -2.33. The molecule has 1 aliphatic rings. The molecule has 0 bridgehead atoms. The van der Waals surface area contributed by atoms with Gasteiger partial charge in [-0.15, -0.1) is 0 Å². The Morgan fingerprint density at radius 2 is 1.81 bits per heavy atom. The standard InChI is InChI=1S/C19H28N2O5S/c1-14-4-6-18(7-5-14)27(24,25)26-13-10-17-8-11-21(12-9-17)19(23)15(2)20-16(3)22/h4-7,15,17H,8-13H2,1-3H3,(H,20,22)/t15-/m0/s1. The van der Waals surface area contributed by atoms with Gasteiger partial charge in [-0.2, -0.15) is 8.42 Å². The van der Waals surface area contributed by atoms with E-state index in [-0.39, 0.29) is 23.3 Å². The van der Waals surface area contributed by atoms with Gasteiger partial charge in [0, 0.05) is 20.0 Å². The van der Waals surface area contributed by atoms with Crippen molar-refractivity contribution in [2.75, 3.05) is 19.7 Å². The Bertz CT molecular complexity index is 753. The van der Waals surface area contributed by atoms with Crippen LogP contribution in [-0.4, -0.2) is 50.9 Å². The van der Waals surface area contributed by atoms with Gasteiger partial charge in [0.25, 0.3) is 10.1 Å². The summed E-state index contributed by atoms with van der Waals surface area (Å²) in [5, 5.41) is 2.60. The molecule has 150 valence electrons. The monoisotopic (exact) mass is 396 g/mol. The highest BCUT2D eigenvalue weighted by atomic mass is 32.2. The minimum atomic E-state index is -3.73. The summed E-state index contributed by atoms with van der Waals surface area (Å²) in [4.78, 5) is 25.3. The van der Waals surface area contributed by atoms with Crippen LogP contribution in [0.2, 0.25) is 0 Å². The molecule has 1 heterocycles. The highest BCUT2D eigenvalue weighted by Gasteiger charge is 2.26. The fourth-order valence-corrected chi connectivity index (χ4v) is 4.10. The maximum absolute atomic E-state index is 12.3. The summed E-state index contributed by atoms with van der Waals surface area (Å²) in [6.07, 6.45) is 2.23. The fraction of sp³-hybridized carbons (Fsp3) is 0.579. The fourth-order valence-electron chi connectivity index (χ4n) is 3.18. The van der Waals surface area contributed by atoms with Crippen LogP contribution in [0.3, 0.4) is 0 Å². The van der Waals surface area contributed by atoms with Gasteiger partial charge in [-0.05, 0) is 51.2 Å². The van der Waals surface area contributed by atoms with Crippen molar-refractivity contribution in [1.29, 1.82) is 0 Å². The predicted molar refractivity (Wildman–Crippen MR) is 102 cm³/mol. The highest BCUT2D eigenvalue weighted by Crippen LogP contribution is 2.22. The minimum Gasteiger partial charge on any atom is -0.345 e. The number of aryl methyl sites for hydroxylation is 1. The highest BCUT2D eigenvalue weighted by molar-refractivity contribution is 7.86. The van der Waals surface area contributed by atoms with Crippen LogP contribution < -0.4 is 5.32 Å². The Hall–Kier alpha value is -1.93. The molecular weight excluding hydrogens is 368 g/mol. The van der Waals surface area contributed by atoms with Gasteiger partial charge in [-0.3, -0.25) is 13.8 Å². The van der Waals surface area contributed by atoms with E-state index >= 15 is 0 Å². The van der Waals surface area contributed by atoms with Gasteiger partial charge in [0.2, 0.25) is 11.8 Å². The average molecular weight is 397 g/mol. The molecule has 1 saturated heterocycles. The first-order chi connectivity index (χ1) is 12.7. The van der Waals surface area contributed by atoms with Crippen molar-refractivity contribution in [3.63, 3.8) is 0 Å². The second kappa shape index (κ2) is 9.32. The number of benzene rings is 1. The Morgan fingerprint density at radius 3 is 2.37 bits per heavy atom. The van der Waals surface area contributed by atoms with E-state index in [9.17, 15) is 18.0 Å². The van der Waals surface area contributed by atoms with Crippen LogP contribution in [-0.2, 0) is 23.9 Å². The molecular formula is C19H28N2O5S. The van der Waals surface area contributed by atoms with Crippen LogP contribution in [0.5, 0.6) is 0 Å². The zero-order chi connectivity index (χ0) is 20.0. The van der Waals surface area contributed by atoms with Crippen LogP contribution in [0.1, 0.15) is 38.7 Å². The number of amides is 2. The molecule has 0 unspecified atom stereocenters. The van der Waals surface area contributed by atoms with Crippen LogP contribution in [0.4, 0.5) is 0 Å². The van der Waals surface area contributed by atoms with Crippen LogP contribution in [0.15, 0.2) is 29.2 Å². The Morgan fingerprint density at radius 1 is 1.22 bits per heavy atom. The third-order valence-corrected chi connectivity index (χ3v) is 6.12. The predicted octanol–water partition coefficient (Wildman–Crippen LogP) is 1.85. The summed E-state index contributed by atoms with van der Waals surface area (Å²) < 4.78 is 29.5. The molecule has 8 heteroatoms. The van der Waals surface area contributed by atoms with Crippen molar-refractivity contribution >= 4 is 21.9 Å². The van der Waals surface area contributed by atoms with E-state index in [1.165, 1.54) is 6.92 Å². The second-order valence-electron chi connectivity index (χ2n) is 7.07. The zero-order valence-electron chi connectivity index (χ0n) is 16.1. The molecule has 2 rings (SSSR count). The number of piperidine rings is 1. The summed E-state index contributed by atoms with van der Waals surface area (Å²) in [6.45, 7) is 6.32. The summed E-state index contributed by atoms with van der Waals surface area (Å²) in [5.41, 5.74) is 0.989. The summed E-state index contributed by atoms with van der Waals surface area (Å²) in [7, 11) is -3.73. The molecule has 0 spiro atoms. The normalized spacial score (nSPS) is 16.8. The molecule has 0 aliphatic carbocycles. The molecule has 0 aromatic heterocycles. The zero-order valence-corrected chi connectivity index (χ0v) is 16.9. The number of hydrogen-bond donors (Lipinski definition) is 1. The van der Waals surface area contributed by atoms with Crippen molar-refractivity contribution in [1.82, 2.24) is 10.2 Å². The van der Waals surface area contributed by atoms with E-state index in [1.807, 2.05) is 6.92 Å². The smallest absolute Gasteiger partial charge is 0.296 e. The van der Waals surface area contributed by atoms with Crippen molar-refractivity contribution in [3.05, 3.63) is 29.8 Å². The molecule has 7 nitrogen and oxygen atoms in total. The van der Waals surface area contributed by atoms with Gasteiger partial charge in [-0.25, -0.2) is 0 Å². The van der Waals surface area contributed by atoms with Crippen LogP contribution in [0.25, 0.3) is 0 Å². The van der Waals surface area contributed by atoms with Gasteiger partial charge < -0.3 is 10.2 Å². The van der Waals surface area contributed by atoms with E-state index in [4.69, 9.17) is 4.18 Å². The number of carbonyl (C=O) groups is 2. The largest absolute Gasteiger partial charge is 0.345 e. The lowest BCUT2D eigenvalue weighted by molar-refractivity contribution is -0.136. The third kappa shape index (κ3) is 6.32. The van der Waals surface area contributed by atoms with E-state index in [1.54, 1.807) is 36.1 Å². The molecule has 1 fully saturated rings. The Balaban J connectivity index is 1.75. The number of rotatable bonds is 7. The molecule has 0 saturated carbocycles. The van der Waals surface area contributed by atoms with Gasteiger partial charge in [0.05, 0.1) is 11.5 Å². The van der Waals surface area contributed by atoms with Crippen molar-refractivity contribution in [2.24, 2.45) is 5.92 Å². The quantitative estimate of drug-likeness (QED) is 0.710. The number of hydrogen-bond acceptors (Lipinski definition) is 5. The first-order valence-electron chi connectivity index (χ1n) is 9.21. The molecule has 27 heavy (non-hydrogen) atoms. The number of likely N-dealkylation sites (tertiary alicyclic amines) is 1. The lowest BCUT2D eigenvalue weighted by Crippen LogP contribution is -2.49. The average Bonchev–Trinajstić information content (AvgIpc) is 2.61. The summed E-state index contributed by atoms with van der Waals surface area (Å²) in [6, 6.07) is 6.05. The van der Waals surface area contributed by atoms with Crippen LogP contribution >= 0.6 is 0 Å². The molecule has 1 aliphatic heterocycles. The Labute approximate surface area is 161 Å². The lowest BCUT2D eigenvalue weighted by atomic mass is 9.93. The van der Waals surface area contributed by atoms with Crippen molar-refractivity contribution in [2.45, 2.75) is 51.0 Å². The maximum Gasteiger partial charge on any atom is 0.296 e. The van der Waals surface area contributed by atoms with E-state index < -0.39 is 16.2 Å².